The van der Waals surface area contributed by atoms with Crippen LogP contribution >= 0.6 is 0 Å². The van der Waals surface area contributed by atoms with E-state index in [-0.39, 0.29) is 0 Å². The fourth-order valence-electron chi connectivity index (χ4n) is 2.67. The molecule has 0 aliphatic carbocycles. The minimum absolute atomic E-state index is 0.456. The number of hydrogen-bond donors (Lipinski definition) is 1. The molecule has 0 spiro atoms. The lowest BCUT2D eigenvalue weighted by Crippen LogP contribution is -2.01. The molecular formula is C18H37O. The third kappa shape index (κ3) is 14.2. The zero-order chi connectivity index (χ0) is 14.2. The van der Waals surface area contributed by atoms with Crippen molar-refractivity contribution in [2.75, 3.05) is 0 Å². The fraction of sp³-hybridized carbons (Fsp3) is 0.944. The zero-order valence-electron chi connectivity index (χ0n) is 13.5. The van der Waals surface area contributed by atoms with E-state index < -0.39 is 0 Å². The van der Waals surface area contributed by atoms with Crippen molar-refractivity contribution in [1.29, 1.82) is 0 Å². The van der Waals surface area contributed by atoms with E-state index in [1.807, 2.05) is 0 Å². The Morgan fingerprint density at radius 3 is 1.37 bits per heavy atom. The Morgan fingerprint density at radius 1 is 0.632 bits per heavy atom. The lowest BCUT2D eigenvalue weighted by Gasteiger charge is -2.13. The van der Waals surface area contributed by atoms with Gasteiger partial charge in [0.05, 0.1) is 6.61 Å². The standard InChI is InChI=1S/C18H37O/c1-3-5-7-9-10-12-14-16-18(17-19)15-13-11-8-6-4-2/h17-19H,3-16H2,1-2H3. The molecule has 0 saturated carbocycles. The van der Waals surface area contributed by atoms with Gasteiger partial charge in [-0.15, -0.1) is 0 Å². The van der Waals surface area contributed by atoms with Crippen LogP contribution in [0.4, 0.5) is 0 Å². The second-order valence-corrected chi connectivity index (χ2v) is 6.02. The molecule has 0 aromatic heterocycles. The monoisotopic (exact) mass is 269 g/mol. The zero-order valence-corrected chi connectivity index (χ0v) is 13.5. The van der Waals surface area contributed by atoms with Crippen LogP contribution in [0.1, 0.15) is 104 Å². The number of hydrogen-bond acceptors (Lipinski definition) is 1. The summed E-state index contributed by atoms with van der Waals surface area (Å²) in [5.74, 6) is 0.456. The lowest BCUT2D eigenvalue weighted by molar-refractivity contribution is 0.283. The molecule has 0 fully saturated rings. The van der Waals surface area contributed by atoms with Crippen LogP contribution in [0, 0.1) is 12.5 Å². The van der Waals surface area contributed by atoms with E-state index in [1.54, 1.807) is 0 Å². The van der Waals surface area contributed by atoms with Crippen molar-refractivity contribution in [2.24, 2.45) is 5.92 Å². The van der Waals surface area contributed by atoms with E-state index >= 15 is 0 Å². The molecule has 115 valence electrons. The van der Waals surface area contributed by atoms with E-state index in [0.717, 1.165) is 0 Å². The molecular weight excluding hydrogens is 232 g/mol. The molecule has 1 nitrogen and oxygen atoms in total. The van der Waals surface area contributed by atoms with Gasteiger partial charge in [0.25, 0.3) is 0 Å². The molecule has 0 heterocycles. The van der Waals surface area contributed by atoms with Gasteiger partial charge in [-0.25, -0.2) is 0 Å². The molecule has 0 aliphatic rings. The molecule has 0 aliphatic heterocycles. The predicted molar refractivity (Wildman–Crippen MR) is 85.7 cm³/mol. The van der Waals surface area contributed by atoms with Gasteiger partial charge in [-0.1, -0.05) is 90.9 Å². The van der Waals surface area contributed by atoms with Gasteiger partial charge in [0, 0.05) is 0 Å². The molecule has 0 rings (SSSR count). The summed E-state index contributed by atoms with van der Waals surface area (Å²) >= 11 is 0. The highest BCUT2D eigenvalue weighted by molar-refractivity contribution is 4.66. The molecule has 1 unspecified atom stereocenters. The van der Waals surface area contributed by atoms with Crippen molar-refractivity contribution in [3.05, 3.63) is 6.61 Å². The maximum Gasteiger partial charge on any atom is 0.0829 e. The van der Waals surface area contributed by atoms with Crippen molar-refractivity contribution < 1.29 is 5.11 Å². The normalized spacial score (nSPS) is 12.8. The highest BCUT2D eigenvalue weighted by Crippen LogP contribution is 2.20. The van der Waals surface area contributed by atoms with E-state index in [0.29, 0.717) is 5.92 Å². The second-order valence-electron chi connectivity index (χ2n) is 6.02. The fourth-order valence-corrected chi connectivity index (χ4v) is 2.67. The van der Waals surface area contributed by atoms with Crippen molar-refractivity contribution in [3.63, 3.8) is 0 Å². The van der Waals surface area contributed by atoms with Crippen LogP contribution < -0.4 is 0 Å². The number of rotatable bonds is 15. The van der Waals surface area contributed by atoms with E-state index in [4.69, 9.17) is 0 Å². The van der Waals surface area contributed by atoms with Gasteiger partial charge in [-0.3, -0.25) is 0 Å². The number of aliphatic hydroxyl groups is 1. The lowest BCUT2D eigenvalue weighted by atomic mass is 9.95. The summed E-state index contributed by atoms with van der Waals surface area (Å²) in [6.45, 7) is 5.98. The van der Waals surface area contributed by atoms with Gasteiger partial charge < -0.3 is 5.11 Å². The van der Waals surface area contributed by atoms with Gasteiger partial charge >= 0.3 is 0 Å². The first kappa shape index (κ1) is 19.0. The third-order valence-corrected chi connectivity index (χ3v) is 4.07. The topological polar surface area (TPSA) is 20.2 Å². The van der Waals surface area contributed by atoms with Crippen LogP contribution in [0.25, 0.3) is 0 Å². The summed E-state index contributed by atoms with van der Waals surface area (Å²) in [6, 6.07) is 0. The van der Waals surface area contributed by atoms with Gasteiger partial charge in [0.2, 0.25) is 0 Å². The highest BCUT2D eigenvalue weighted by Gasteiger charge is 2.07. The Bertz CT molecular complexity index is 156. The molecule has 0 aromatic rings. The Morgan fingerprint density at radius 2 is 1.00 bits per heavy atom. The first-order valence-electron chi connectivity index (χ1n) is 8.82. The smallest absolute Gasteiger partial charge is 0.0829 e. The van der Waals surface area contributed by atoms with Gasteiger partial charge in [0.1, 0.15) is 0 Å². The Kier molecular flexibility index (Phi) is 16.0. The molecule has 0 bridgehead atoms. The maximum atomic E-state index is 9.28. The first-order chi connectivity index (χ1) is 9.35. The first-order valence-corrected chi connectivity index (χ1v) is 8.82. The summed E-state index contributed by atoms with van der Waals surface area (Å²) in [5.41, 5.74) is 0. The van der Waals surface area contributed by atoms with Crippen LogP contribution in [-0.4, -0.2) is 5.11 Å². The van der Waals surface area contributed by atoms with Crippen LogP contribution in [0.15, 0.2) is 0 Å². The summed E-state index contributed by atoms with van der Waals surface area (Å²) in [4.78, 5) is 0. The molecule has 1 radical (unpaired) electrons. The van der Waals surface area contributed by atoms with Gasteiger partial charge in [-0.05, 0) is 18.8 Å². The Balaban J connectivity index is 3.29. The van der Waals surface area contributed by atoms with E-state index in [1.165, 1.54) is 96.5 Å². The highest BCUT2D eigenvalue weighted by atomic mass is 16.3. The van der Waals surface area contributed by atoms with Crippen LogP contribution in [-0.2, 0) is 0 Å². The van der Waals surface area contributed by atoms with E-state index in [2.05, 4.69) is 13.8 Å². The van der Waals surface area contributed by atoms with Crippen molar-refractivity contribution in [3.8, 4) is 0 Å². The molecule has 0 aromatic carbocycles. The molecule has 1 heteroatoms. The predicted octanol–water partition coefficient (Wildman–Crippen LogP) is 6.64. The average Bonchev–Trinajstić information content (AvgIpc) is 2.44. The van der Waals surface area contributed by atoms with E-state index in [9.17, 15) is 5.11 Å². The molecule has 1 N–H and O–H groups in total. The SMILES string of the molecule is CCCCCCCCCC([CH]O)CCCCCCC. The molecule has 0 amide bonds. The minimum Gasteiger partial charge on any atom is -0.390 e. The van der Waals surface area contributed by atoms with Crippen LogP contribution in [0.2, 0.25) is 0 Å². The molecule has 19 heavy (non-hydrogen) atoms. The second kappa shape index (κ2) is 16.0. The van der Waals surface area contributed by atoms with Crippen LogP contribution in [0.5, 0.6) is 0 Å². The number of unbranched alkanes of at least 4 members (excludes halogenated alkanes) is 10. The van der Waals surface area contributed by atoms with Crippen molar-refractivity contribution >= 4 is 0 Å². The average molecular weight is 269 g/mol. The maximum absolute atomic E-state index is 9.28. The molecule has 1 atom stereocenters. The quantitative estimate of drug-likeness (QED) is 0.330. The Labute approximate surface area is 122 Å². The largest absolute Gasteiger partial charge is 0.390 e. The third-order valence-electron chi connectivity index (χ3n) is 4.07. The Hall–Kier alpha value is -0.0400. The summed E-state index contributed by atoms with van der Waals surface area (Å²) in [7, 11) is 0. The van der Waals surface area contributed by atoms with Gasteiger partial charge in [-0.2, -0.15) is 0 Å². The van der Waals surface area contributed by atoms with Crippen LogP contribution in [0.3, 0.4) is 0 Å². The summed E-state index contributed by atoms with van der Waals surface area (Å²) < 4.78 is 0. The minimum atomic E-state index is 0.456. The summed E-state index contributed by atoms with van der Waals surface area (Å²) in [5, 5.41) is 9.28. The van der Waals surface area contributed by atoms with Gasteiger partial charge in [0.15, 0.2) is 0 Å². The van der Waals surface area contributed by atoms with Crippen molar-refractivity contribution in [2.45, 2.75) is 104 Å². The van der Waals surface area contributed by atoms with Crippen molar-refractivity contribution in [1.82, 2.24) is 0 Å². The molecule has 0 saturated heterocycles. The number of aliphatic hydroxyl groups excluding tert-OH is 1. The summed E-state index contributed by atoms with van der Waals surface area (Å²) in [6.07, 6.45) is 18.6.